The molecule has 148 valence electrons. The number of rotatable bonds is 2. The third kappa shape index (κ3) is 3.17. The van der Waals surface area contributed by atoms with E-state index in [0.717, 1.165) is 47.4 Å². The third-order valence-corrected chi connectivity index (χ3v) is 5.59. The maximum Gasteiger partial charge on any atom is 0.258 e. The second-order valence-electron chi connectivity index (χ2n) is 7.93. The summed E-state index contributed by atoms with van der Waals surface area (Å²) in [5.74, 6) is 0. The molecular weight excluding hydrogens is 364 g/mol. The molecule has 1 N–H and O–H groups in total. The van der Waals surface area contributed by atoms with Crippen LogP contribution in [0.5, 0.6) is 0 Å². The Bertz CT molecular complexity index is 1290. The molecule has 1 fully saturated rings. The summed E-state index contributed by atoms with van der Waals surface area (Å²) in [5, 5.41) is 8.99. The second-order valence-corrected chi connectivity index (χ2v) is 7.93. The van der Waals surface area contributed by atoms with Crippen molar-refractivity contribution in [3.63, 3.8) is 0 Å². The van der Waals surface area contributed by atoms with Crippen molar-refractivity contribution < 1.29 is 0 Å². The number of benzene rings is 1. The highest BCUT2D eigenvalue weighted by molar-refractivity contribution is 5.86. The second kappa shape index (κ2) is 6.70. The van der Waals surface area contributed by atoms with Crippen molar-refractivity contribution >= 4 is 22.2 Å². The van der Waals surface area contributed by atoms with Gasteiger partial charge in [-0.15, -0.1) is 0 Å². The molecular formula is C22H24N6O. The topological polar surface area (TPSA) is 67.5 Å². The van der Waals surface area contributed by atoms with Crippen LogP contribution in [-0.4, -0.2) is 44.8 Å². The van der Waals surface area contributed by atoms with E-state index in [1.165, 1.54) is 0 Å². The Morgan fingerprint density at radius 2 is 2.03 bits per heavy atom. The monoisotopic (exact) mass is 388 g/mol. The molecule has 0 aliphatic carbocycles. The fourth-order valence-electron chi connectivity index (χ4n) is 4.17. The molecule has 7 nitrogen and oxygen atoms in total. The smallest absolute Gasteiger partial charge is 0.258 e. The molecule has 5 rings (SSSR count). The summed E-state index contributed by atoms with van der Waals surface area (Å²) in [7, 11) is 1.91. The minimum absolute atomic E-state index is 0.0704. The molecule has 29 heavy (non-hydrogen) atoms. The molecule has 1 atom stereocenters. The van der Waals surface area contributed by atoms with Crippen LogP contribution in [0.1, 0.15) is 12.5 Å². The zero-order valence-electron chi connectivity index (χ0n) is 16.9. The Morgan fingerprint density at radius 1 is 1.17 bits per heavy atom. The molecule has 1 saturated heterocycles. The number of hydrogen-bond donors (Lipinski definition) is 1. The van der Waals surface area contributed by atoms with E-state index in [1.807, 2.05) is 49.2 Å². The van der Waals surface area contributed by atoms with E-state index in [0.29, 0.717) is 17.4 Å². The van der Waals surface area contributed by atoms with Gasteiger partial charge in [0, 0.05) is 62.1 Å². The zero-order valence-corrected chi connectivity index (χ0v) is 16.9. The van der Waals surface area contributed by atoms with E-state index >= 15 is 0 Å². The van der Waals surface area contributed by atoms with Gasteiger partial charge in [0.1, 0.15) is 5.65 Å². The van der Waals surface area contributed by atoms with Gasteiger partial charge in [-0.25, -0.2) is 4.98 Å². The first-order chi connectivity index (χ1) is 14.0. The highest BCUT2D eigenvalue weighted by atomic mass is 16.1. The largest absolute Gasteiger partial charge is 0.368 e. The van der Waals surface area contributed by atoms with Gasteiger partial charge in [0.25, 0.3) is 5.56 Å². The van der Waals surface area contributed by atoms with Crippen LogP contribution in [0.4, 0.5) is 5.69 Å². The van der Waals surface area contributed by atoms with Crippen LogP contribution in [0, 0.1) is 6.92 Å². The van der Waals surface area contributed by atoms with E-state index in [4.69, 9.17) is 4.98 Å². The Kier molecular flexibility index (Phi) is 4.13. The summed E-state index contributed by atoms with van der Waals surface area (Å²) in [6, 6.07) is 10.1. The number of nitrogens with one attached hydrogen (secondary N) is 1. The van der Waals surface area contributed by atoms with Crippen molar-refractivity contribution in [3.8, 4) is 11.3 Å². The molecule has 1 aromatic carbocycles. The quantitative estimate of drug-likeness (QED) is 0.571. The van der Waals surface area contributed by atoms with Crippen molar-refractivity contribution in [3.05, 3.63) is 58.6 Å². The summed E-state index contributed by atoms with van der Waals surface area (Å²) in [6.07, 6.45) is 3.89. The zero-order chi connectivity index (χ0) is 20.1. The number of aromatic nitrogens is 4. The predicted octanol–water partition coefficient (Wildman–Crippen LogP) is 2.35. The van der Waals surface area contributed by atoms with E-state index in [-0.39, 0.29) is 5.56 Å². The summed E-state index contributed by atoms with van der Waals surface area (Å²) in [4.78, 5) is 20.0. The third-order valence-electron chi connectivity index (χ3n) is 5.59. The van der Waals surface area contributed by atoms with E-state index in [1.54, 1.807) is 10.5 Å². The average Bonchev–Trinajstić information content (AvgIpc) is 3.08. The number of pyridine rings is 1. The van der Waals surface area contributed by atoms with Crippen molar-refractivity contribution in [2.45, 2.75) is 19.9 Å². The standard InChI is InChI=1S/C22H24N6O/c1-14-8-16(9-17-12-26(3)25-22(14)17)19-10-21(29)28-13-18(4-5-20(28)24-19)27-7-6-23-15(2)11-27/h4-5,8-10,12-13,15,23H,6-7,11H2,1-3H3. The summed E-state index contributed by atoms with van der Waals surface area (Å²) >= 11 is 0. The molecule has 7 heteroatoms. The number of fused-ring (bicyclic) bond motifs is 2. The highest BCUT2D eigenvalue weighted by Gasteiger charge is 2.17. The predicted molar refractivity (Wildman–Crippen MR) is 116 cm³/mol. The molecule has 1 unspecified atom stereocenters. The minimum Gasteiger partial charge on any atom is -0.368 e. The lowest BCUT2D eigenvalue weighted by Gasteiger charge is -2.33. The number of anilines is 1. The molecule has 0 bridgehead atoms. The van der Waals surface area contributed by atoms with Crippen molar-refractivity contribution in [2.24, 2.45) is 7.05 Å². The SMILES string of the molecule is Cc1cc(-c2cc(=O)n3cc(N4CCNC(C)C4)ccc3n2)cc2cn(C)nc12. The van der Waals surface area contributed by atoms with Crippen LogP contribution in [0.15, 0.2) is 47.5 Å². The van der Waals surface area contributed by atoms with Gasteiger partial charge in [-0.1, -0.05) is 0 Å². The van der Waals surface area contributed by atoms with Crippen LogP contribution in [0.3, 0.4) is 0 Å². The first-order valence-electron chi connectivity index (χ1n) is 9.94. The lowest BCUT2D eigenvalue weighted by molar-refractivity contribution is 0.484. The number of aryl methyl sites for hydroxylation is 2. The molecule has 0 radical (unpaired) electrons. The number of piperazine rings is 1. The fourth-order valence-corrected chi connectivity index (χ4v) is 4.17. The van der Waals surface area contributed by atoms with Gasteiger partial charge in [0.2, 0.25) is 0 Å². The van der Waals surface area contributed by atoms with Gasteiger partial charge in [-0.2, -0.15) is 5.10 Å². The molecule has 4 aromatic rings. The molecule has 3 aromatic heterocycles. The number of hydrogen-bond acceptors (Lipinski definition) is 5. The van der Waals surface area contributed by atoms with Gasteiger partial charge in [-0.05, 0) is 43.7 Å². The van der Waals surface area contributed by atoms with Gasteiger partial charge in [0.15, 0.2) is 0 Å². The number of nitrogens with zero attached hydrogens (tertiary/aromatic N) is 5. The fraction of sp³-hybridized carbons (Fsp3) is 0.318. The van der Waals surface area contributed by atoms with E-state index < -0.39 is 0 Å². The Balaban J connectivity index is 1.58. The first kappa shape index (κ1) is 17.9. The Hall–Kier alpha value is -3.19. The van der Waals surface area contributed by atoms with Crippen molar-refractivity contribution in [1.82, 2.24) is 24.5 Å². The summed E-state index contributed by atoms with van der Waals surface area (Å²) in [5.41, 5.74) is 5.30. The van der Waals surface area contributed by atoms with Gasteiger partial charge in [-0.3, -0.25) is 13.9 Å². The highest BCUT2D eigenvalue weighted by Crippen LogP contribution is 2.26. The van der Waals surface area contributed by atoms with Crippen LogP contribution < -0.4 is 15.8 Å². The van der Waals surface area contributed by atoms with Crippen LogP contribution >= 0.6 is 0 Å². The molecule has 4 heterocycles. The Labute approximate surface area is 168 Å². The van der Waals surface area contributed by atoms with Crippen LogP contribution in [-0.2, 0) is 7.05 Å². The van der Waals surface area contributed by atoms with Gasteiger partial charge < -0.3 is 10.2 Å². The minimum atomic E-state index is -0.0704. The molecule has 0 amide bonds. The van der Waals surface area contributed by atoms with E-state index in [9.17, 15) is 4.79 Å². The lowest BCUT2D eigenvalue weighted by Crippen LogP contribution is -2.49. The molecule has 1 aliphatic heterocycles. The molecule has 0 saturated carbocycles. The van der Waals surface area contributed by atoms with Crippen molar-refractivity contribution in [1.29, 1.82) is 0 Å². The van der Waals surface area contributed by atoms with E-state index in [2.05, 4.69) is 28.3 Å². The summed E-state index contributed by atoms with van der Waals surface area (Å²) in [6.45, 7) is 7.01. The summed E-state index contributed by atoms with van der Waals surface area (Å²) < 4.78 is 3.45. The average molecular weight is 388 g/mol. The maximum absolute atomic E-state index is 12.9. The van der Waals surface area contributed by atoms with Crippen molar-refractivity contribution in [2.75, 3.05) is 24.5 Å². The first-order valence-corrected chi connectivity index (χ1v) is 9.94. The van der Waals surface area contributed by atoms with Gasteiger partial charge in [0.05, 0.1) is 16.9 Å². The van der Waals surface area contributed by atoms with Gasteiger partial charge >= 0.3 is 0 Å². The molecule has 0 spiro atoms. The maximum atomic E-state index is 12.9. The van der Waals surface area contributed by atoms with Crippen LogP contribution in [0.25, 0.3) is 27.8 Å². The lowest BCUT2D eigenvalue weighted by atomic mass is 10.1. The van der Waals surface area contributed by atoms with Crippen LogP contribution in [0.2, 0.25) is 0 Å². The normalized spacial score (nSPS) is 17.3. The Morgan fingerprint density at radius 3 is 2.86 bits per heavy atom. The molecule has 1 aliphatic rings.